The van der Waals surface area contributed by atoms with Gasteiger partial charge in [0.2, 0.25) is 5.91 Å². The van der Waals surface area contributed by atoms with Gasteiger partial charge in [-0.2, -0.15) is 0 Å². The molecule has 0 aliphatic heterocycles. The van der Waals surface area contributed by atoms with Crippen molar-refractivity contribution >= 4 is 5.91 Å². The molecule has 102 valence electrons. The summed E-state index contributed by atoms with van der Waals surface area (Å²) in [7, 11) is 0. The van der Waals surface area contributed by atoms with E-state index in [0.29, 0.717) is 0 Å². The van der Waals surface area contributed by atoms with Crippen LogP contribution in [0, 0.1) is 11.6 Å². The number of rotatable bonds is 5. The van der Waals surface area contributed by atoms with Gasteiger partial charge in [-0.3, -0.25) is 4.79 Å². The van der Waals surface area contributed by atoms with Crippen LogP contribution in [0.5, 0.6) is 0 Å². The lowest BCUT2D eigenvalue weighted by atomic mass is 10.1. The summed E-state index contributed by atoms with van der Waals surface area (Å²) in [5, 5.41) is 12.0. The number of halogens is 2. The van der Waals surface area contributed by atoms with Crippen molar-refractivity contribution in [3.63, 3.8) is 0 Å². The van der Waals surface area contributed by atoms with Crippen LogP contribution in [0.3, 0.4) is 0 Å². The maximum Gasteiger partial charge on any atom is 0.244 e. The fourth-order valence-corrected chi connectivity index (χ4v) is 1.44. The summed E-state index contributed by atoms with van der Waals surface area (Å²) in [6.45, 7) is 1.53. The lowest BCUT2D eigenvalue weighted by molar-refractivity contribution is -0.117. The Morgan fingerprint density at radius 2 is 2.00 bits per heavy atom. The monoisotopic (exact) mass is 267 g/mol. The molecule has 0 saturated heterocycles. The third kappa shape index (κ3) is 4.63. The molecule has 0 spiro atoms. The van der Waals surface area contributed by atoms with E-state index in [9.17, 15) is 18.7 Å². The largest absolute Gasteiger partial charge is 0.386 e. The quantitative estimate of drug-likeness (QED) is 0.635. The number of hydrogen-bond acceptors (Lipinski definition) is 2. The summed E-state index contributed by atoms with van der Waals surface area (Å²) in [4.78, 5) is 11.3. The van der Waals surface area contributed by atoms with Crippen molar-refractivity contribution in [3.05, 3.63) is 59.7 Å². The minimum Gasteiger partial charge on any atom is -0.386 e. The molecule has 2 N–H and O–H groups in total. The number of aliphatic hydroxyl groups is 1. The van der Waals surface area contributed by atoms with Crippen molar-refractivity contribution in [2.75, 3.05) is 6.54 Å². The lowest BCUT2D eigenvalue weighted by Gasteiger charge is -2.13. The Hall–Kier alpha value is -2.01. The zero-order valence-electron chi connectivity index (χ0n) is 10.4. The Morgan fingerprint density at radius 1 is 1.37 bits per heavy atom. The third-order valence-corrected chi connectivity index (χ3v) is 2.35. The predicted octanol–water partition coefficient (Wildman–Crippen LogP) is 2.25. The second kappa shape index (κ2) is 7.43. The van der Waals surface area contributed by atoms with E-state index in [4.69, 9.17) is 0 Å². The Balaban J connectivity index is 2.61. The van der Waals surface area contributed by atoms with Gasteiger partial charge in [-0.05, 0) is 19.1 Å². The van der Waals surface area contributed by atoms with Crippen LogP contribution in [0.2, 0.25) is 0 Å². The number of hydrogen-bond donors (Lipinski definition) is 2. The highest BCUT2D eigenvalue weighted by atomic mass is 19.1. The molecular formula is C14H15F2NO2. The van der Waals surface area contributed by atoms with Crippen LogP contribution in [0.4, 0.5) is 8.78 Å². The molecule has 0 aliphatic rings. The summed E-state index contributed by atoms with van der Waals surface area (Å²) in [5.74, 6) is -2.13. The first-order valence-electron chi connectivity index (χ1n) is 5.75. The number of carbonyl (C=O) groups is 1. The van der Waals surface area contributed by atoms with Gasteiger partial charge in [0.1, 0.15) is 17.7 Å². The molecule has 1 rings (SSSR count). The fraction of sp³-hybridized carbons (Fsp3) is 0.214. The molecule has 3 nitrogen and oxygen atoms in total. The van der Waals surface area contributed by atoms with E-state index in [1.807, 2.05) is 0 Å². The van der Waals surface area contributed by atoms with E-state index in [1.54, 1.807) is 19.1 Å². The highest BCUT2D eigenvalue weighted by molar-refractivity contribution is 5.87. The minimum atomic E-state index is -1.43. The molecule has 0 heterocycles. The molecule has 1 aromatic rings. The van der Waals surface area contributed by atoms with E-state index in [1.165, 1.54) is 18.2 Å². The summed E-state index contributed by atoms with van der Waals surface area (Å²) < 4.78 is 26.7. The van der Waals surface area contributed by atoms with Crippen LogP contribution >= 0.6 is 0 Å². The summed E-state index contributed by atoms with van der Waals surface area (Å²) in [5.41, 5.74) is -0.444. The zero-order chi connectivity index (χ0) is 14.3. The molecule has 0 aromatic heterocycles. The van der Waals surface area contributed by atoms with Crippen LogP contribution in [0.15, 0.2) is 42.5 Å². The Morgan fingerprint density at radius 3 is 2.58 bits per heavy atom. The number of benzene rings is 1. The number of nitrogens with one attached hydrogen (secondary N) is 1. The zero-order valence-corrected chi connectivity index (χ0v) is 10.4. The van der Waals surface area contributed by atoms with Crippen LogP contribution < -0.4 is 5.32 Å². The second-order valence-electron chi connectivity index (χ2n) is 3.78. The predicted molar refractivity (Wildman–Crippen MR) is 68.3 cm³/mol. The SMILES string of the molecule is CC=CC=CC(=O)NCC(O)c1c(F)cccc1F. The molecule has 0 aliphatic carbocycles. The molecule has 1 aromatic carbocycles. The van der Waals surface area contributed by atoms with Crippen LogP contribution in [-0.4, -0.2) is 17.6 Å². The standard InChI is InChI=1S/C14H15F2NO2/c1-2-3-4-8-13(19)17-9-12(18)14-10(15)6-5-7-11(14)16/h2-8,12,18H,9H2,1H3,(H,17,19). The summed E-state index contributed by atoms with van der Waals surface area (Å²) >= 11 is 0. The van der Waals surface area contributed by atoms with Gasteiger partial charge in [0.05, 0.1) is 5.56 Å². The molecule has 0 radical (unpaired) electrons. The summed E-state index contributed by atoms with van der Waals surface area (Å²) in [6, 6.07) is 3.31. The van der Waals surface area contributed by atoms with Gasteiger partial charge in [0, 0.05) is 12.6 Å². The molecule has 19 heavy (non-hydrogen) atoms. The molecule has 1 unspecified atom stereocenters. The number of amides is 1. The topological polar surface area (TPSA) is 49.3 Å². The average molecular weight is 267 g/mol. The molecule has 0 bridgehead atoms. The summed E-state index contributed by atoms with van der Waals surface area (Å²) in [6.07, 6.45) is 4.75. The molecular weight excluding hydrogens is 252 g/mol. The first-order valence-corrected chi connectivity index (χ1v) is 5.75. The third-order valence-electron chi connectivity index (χ3n) is 2.35. The van der Waals surface area contributed by atoms with Crippen molar-refractivity contribution in [2.24, 2.45) is 0 Å². The molecule has 5 heteroatoms. The first-order chi connectivity index (χ1) is 9.06. The van der Waals surface area contributed by atoms with E-state index >= 15 is 0 Å². The van der Waals surface area contributed by atoms with Gasteiger partial charge in [-0.15, -0.1) is 0 Å². The normalized spacial score (nSPS) is 13.1. The van der Waals surface area contributed by atoms with E-state index in [0.717, 1.165) is 12.1 Å². The van der Waals surface area contributed by atoms with Crippen molar-refractivity contribution in [3.8, 4) is 0 Å². The van der Waals surface area contributed by atoms with Gasteiger partial charge in [-0.1, -0.05) is 24.3 Å². The van der Waals surface area contributed by atoms with Crippen molar-refractivity contribution in [2.45, 2.75) is 13.0 Å². The maximum absolute atomic E-state index is 13.3. The second-order valence-corrected chi connectivity index (χ2v) is 3.78. The Kier molecular flexibility index (Phi) is 5.89. The fourth-order valence-electron chi connectivity index (χ4n) is 1.44. The van der Waals surface area contributed by atoms with Gasteiger partial charge in [0.15, 0.2) is 0 Å². The maximum atomic E-state index is 13.3. The van der Waals surface area contributed by atoms with E-state index in [-0.39, 0.29) is 6.54 Å². The number of carbonyl (C=O) groups excluding carboxylic acids is 1. The highest BCUT2D eigenvalue weighted by Crippen LogP contribution is 2.19. The highest BCUT2D eigenvalue weighted by Gasteiger charge is 2.17. The van der Waals surface area contributed by atoms with E-state index < -0.39 is 29.2 Å². The first kappa shape index (κ1) is 15.0. The minimum absolute atomic E-state index is 0.267. The molecule has 0 fully saturated rings. The van der Waals surface area contributed by atoms with Crippen LogP contribution in [0.25, 0.3) is 0 Å². The van der Waals surface area contributed by atoms with E-state index in [2.05, 4.69) is 5.32 Å². The number of aliphatic hydroxyl groups excluding tert-OH is 1. The van der Waals surface area contributed by atoms with Crippen molar-refractivity contribution in [1.29, 1.82) is 0 Å². The van der Waals surface area contributed by atoms with Crippen molar-refractivity contribution in [1.82, 2.24) is 5.32 Å². The molecule has 1 atom stereocenters. The number of allylic oxidation sites excluding steroid dienone is 3. The lowest BCUT2D eigenvalue weighted by Crippen LogP contribution is -2.27. The molecule has 1 amide bonds. The van der Waals surface area contributed by atoms with Crippen LogP contribution in [0.1, 0.15) is 18.6 Å². The Bertz CT molecular complexity index is 478. The molecule has 0 saturated carbocycles. The van der Waals surface area contributed by atoms with Gasteiger partial charge < -0.3 is 10.4 Å². The van der Waals surface area contributed by atoms with Gasteiger partial charge in [-0.25, -0.2) is 8.78 Å². The smallest absolute Gasteiger partial charge is 0.244 e. The Labute approximate surface area is 110 Å². The average Bonchev–Trinajstić information content (AvgIpc) is 2.36. The van der Waals surface area contributed by atoms with Gasteiger partial charge >= 0.3 is 0 Å². The van der Waals surface area contributed by atoms with Crippen molar-refractivity contribution < 1.29 is 18.7 Å². The van der Waals surface area contributed by atoms with Gasteiger partial charge in [0.25, 0.3) is 0 Å². The van der Waals surface area contributed by atoms with Crippen LogP contribution in [-0.2, 0) is 4.79 Å².